The number of nitrogens with one attached hydrogen (secondary N) is 3. The molecule has 2 aromatic rings. The number of hydrogen-bond acceptors (Lipinski definition) is 13. The lowest BCUT2D eigenvalue weighted by Crippen LogP contribution is -2.59. The summed E-state index contributed by atoms with van der Waals surface area (Å²) in [6, 6.07) is 15.6. The Morgan fingerprint density at radius 3 is 2.23 bits per heavy atom. The Morgan fingerprint density at radius 2 is 1.55 bits per heavy atom. The van der Waals surface area contributed by atoms with Crippen molar-refractivity contribution in [3.63, 3.8) is 0 Å². The Bertz CT molecular complexity index is 2230. The summed E-state index contributed by atoms with van der Waals surface area (Å²) in [6.45, 7) is 6.11. The van der Waals surface area contributed by atoms with Crippen LogP contribution in [0.25, 0.3) is 0 Å². The Balaban J connectivity index is 0.899. The van der Waals surface area contributed by atoms with Gasteiger partial charge in [-0.15, -0.1) is 0 Å². The predicted octanol–water partition coefficient (Wildman–Crippen LogP) is 5.83. The average molecular weight is 1010 g/mol. The molecule has 3 unspecified atom stereocenters. The third-order valence-corrected chi connectivity index (χ3v) is 17.0. The van der Waals surface area contributed by atoms with Crippen molar-refractivity contribution in [2.24, 2.45) is 23.7 Å². The lowest BCUT2D eigenvalue weighted by Gasteiger charge is -2.57. The van der Waals surface area contributed by atoms with Crippen molar-refractivity contribution in [1.29, 1.82) is 0 Å². The molecule has 1 spiro atoms. The molecule has 7 aliphatic rings. The molecule has 4 saturated carbocycles. The first kappa shape index (κ1) is 52.5. The highest BCUT2D eigenvalue weighted by Gasteiger charge is 2.66. The molecule has 4 bridgehead atoms. The molecule has 19 heteroatoms. The topological polar surface area (TPSA) is 217 Å². The first-order valence-electron chi connectivity index (χ1n) is 25.8. The van der Waals surface area contributed by atoms with Crippen LogP contribution in [0.2, 0.25) is 0 Å². The van der Waals surface area contributed by atoms with Crippen LogP contribution in [0.4, 0.5) is 9.59 Å². The van der Waals surface area contributed by atoms with Crippen molar-refractivity contribution in [1.82, 2.24) is 25.8 Å². The molecule has 71 heavy (non-hydrogen) atoms. The molecule has 18 nitrogen and oxygen atoms in total. The van der Waals surface area contributed by atoms with E-state index in [4.69, 9.17) is 28.7 Å². The number of aryl methyl sites for hydroxylation is 1. The number of nitrogens with zero attached hydrogens (tertiary/aromatic N) is 2. The van der Waals surface area contributed by atoms with Gasteiger partial charge in [0.05, 0.1) is 23.9 Å². The third-order valence-electron chi connectivity index (χ3n) is 15.3. The minimum atomic E-state index is -3.68. The standard InChI is InChI=1S/C52H73N5O13S/c1-50(2,36-44(55-48(61)57-25-28-65-29-26-57)47(60)54-42(17-16-37-11-5-3-6-12-37)19-30-71(63,64)43-13-7-4-8-14-43)67-49(62)66-27-21-51(20-18-45(58)53-22-10-24-56-23-9-15-46(56)59)68-52(70-69-51)40-32-38-31-39(34-40)35-41(52)33-38/h3-8,11-14,38-42,44H,9-10,15-36H2,1-2H3,(H,53,58)(H,54,60)(H,55,61). The molecule has 9 rings (SSSR count). The first-order valence-corrected chi connectivity index (χ1v) is 27.5. The summed E-state index contributed by atoms with van der Waals surface area (Å²) in [6.07, 6.45) is 7.43. The van der Waals surface area contributed by atoms with E-state index in [1.54, 1.807) is 49.1 Å². The smallest absolute Gasteiger partial charge is 0.434 e. The van der Waals surface area contributed by atoms with Gasteiger partial charge >= 0.3 is 12.2 Å². The van der Waals surface area contributed by atoms with Crippen molar-refractivity contribution in [2.75, 3.05) is 58.3 Å². The molecule has 3 aliphatic heterocycles. The molecular weight excluding hydrogens is 935 g/mol. The summed E-state index contributed by atoms with van der Waals surface area (Å²) in [5, 5.41) is 8.86. The minimum Gasteiger partial charge on any atom is -0.434 e. The van der Waals surface area contributed by atoms with Gasteiger partial charge in [0.2, 0.25) is 29.3 Å². The molecule has 5 amide bonds. The van der Waals surface area contributed by atoms with E-state index in [0.29, 0.717) is 76.9 Å². The molecule has 3 N–H and O–H groups in total. The fourth-order valence-corrected chi connectivity index (χ4v) is 13.1. The molecule has 7 fully saturated rings. The van der Waals surface area contributed by atoms with E-state index in [1.807, 2.05) is 35.2 Å². The van der Waals surface area contributed by atoms with Crippen LogP contribution in [0.5, 0.6) is 0 Å². The van der Waals surface area contributed by atoms with Gasteiger partial charge in [0.15, 0.2) is 9.84 Å². The number of ether oxygens (including phenoxy) is 4. The largest absolute Gasteiger partial charge is 0.508 e. The van der Waals surface area contributed by atoms with Crippen LogP contribution < -0.4 is 16.0 Å². The molecular formula is C52H73N5O13S. The second-order valence-corrected chi connectivity index (χ2v) is 23.2. The zero-order chi connectivity index (χ0) is 50.1. The molecule has 0 aromatic heterocycles. The van der Waals surface area contributed by atoms with Crippen LogP contribution in [0.15, 0.2) is 65.6 Å². The van der Waals surface area contributed by atoms with Crippen LogP contribution in [0, 0.1) is 23.7 Å². The van der Waals surface area contributed by atoms with Crippen LogP contribution in [0.1, 0.15) is 109 Å². The van der Waals surface area contributed by atoms with E-state index in [0.717, 1.165) is 44.2 Å². The fourth-order valence-electron chi connectivity index (χ4n) is 11.7. The van der Waals surface area contributed by atoms with E-state index in [2.05, 4.69) is 16.0 Å². The van der Waals surface area contributed by atoms with E-state index in [9.17, 15) is 32.4 Å². The van der Waals surface area contributed by atoms with Crippen LogP contribution in [0.3, 0.4) is 0 Å². The number of carbonyl (C=O) groups excluding carboxylic acids is 5. The quantitative estimate of drug-likeness (QED) is 0.0680. The average Bonchev–Trinajstić information content (AvgIpc) is 3.95. The molecule has 3 saturated heterocycles. The van der Waals surface area contributed by atoms with Gasteiger partial charge in [-0.1, -0.05) is 48.5 Å². The molecule has 4 aliphatic carbocycles. The second kappa shape index (κ2) is 23.4. The fraction of sp³-hybridized carbons (Fsp3) is 0.673. The van der Waals surface area contributed by atoms with Crippen molar-refractivity contribution in [2.45, 2.75) is 144 Å². The van der Waals surface area contributed by atoms with Crippen molar-refractivity contribution in [3.8, 4) is 0 Å². The maximum atomic E-state index is 14.4. The normalized spacial score (nSPS) is 26.8. The highest BCUT2D eigenvalue weighted by atomic mass is 32.2. The monoisotopic (exact) mass is 1010 g/mol. The molecule has 2 aromatic carbocycles. The lowest BCUT2D eigenvalue weighted by atomic mass is 9.53. The summed E-state index contributed by atoms with van der Waals surface area (Å²) in [5.41, 5.74) is -0.344. The van der Waals surface area contributed by atoms with Crippen molar-refractivity contribution >= 4 is 39.7 Å². The van der Waals surface area contributed by atoms with E-state index >= 15 is 0 Å². The SMILES string of the molecule is CC(C)(CC(NC(=O)N1CCOCC1)C(=O)NC(CCc1ccccc1)CCS(=O)(=O)c1ccccc1)OC(=O)OCCC1(CCC(=O)NCCCN2CCCC2=O)OOC2(O1)C1CC3CC(C1)CC2C3. The summed E-state index contributed by atoms with van der Waals surface area (Å²) >= 11 is 0. The Kier molecular flexibility index (Phi) is 17.3. The number of carbonyl (C=O) groups is 5. The molecule has 390 valence electrons. The van der Waals surface area contributed by atoms with E-state index < -0.39 is 57.2 Å². The zero-order valence-electron chi connectivity index (χ0n) is 41.3. The van der Waals surface area contributed by atoms with Gasteiger partial charge in [-0.25, -0.2) is 18.0 Å². The van der Waals surface area contributed by atoms with Crippen LogP contribution in [-0.2, 0) is 59.4 Å². The maximum Gasteiger partial charge on any atom is 0.508 e. The predicted molar refractivity (Wildman–Crippen MR) is 259 cm³/mol. The number of rotatable bonds is 23. The number of amides is 5. The number of likely N-dealkylation sites (tertiary alicyclic amines) is 1. The van der Waals surface area contributed by atoms with Gasteiger partial charge in [0, 0.05) is 82.7 Å². The Labute approximate surface area is 417 Å². The molecule has 3 atom stereocenters. The number of sulfone groups is 1. The minimum absolute atomic E-state index is 0.0475. The first-order chi connectivity index (χ1) is 34.1. The van der Waals surface area contributed by atoms with Gasteiger partial charge < -0.3 is 44.7 Å². The van der Waals surface area contributed by atoms with E-state index in [-0.39, 0.29) is 73.0 Å². The summed E-state index contributed by atoms with van der Waals surface area (Å²) < 4.78 is 50.7. The second-order valence-electron chi connectivity index (χ2n) is 21.1. The Morgan fingerprint density at radius 1 is 0.859 bits per heavy atom. The zero-order valence-corrected chi connectivity index (χ0v) is 42.1. The van der Waals surface area contributed by atoms with Gasteiger partial charge in [0.1, 0.15) is 18.2 Å². The Hall–Kier alpha value is -4.82. The van der Waals surface area contributed by atoms with Crippen molar-refractivity contribution < 1.29 is 61.1 Å². The van der Waals surface area contributed by atoms with Gasteiger partial charge in [-0.3, -0.25) is 14.4 Å². The summed E-state index contributed by atoms with van der Waals surface area (Å²) in [4.78, 5) is 82.8. The number of urea groups is 1. The van der Waals surface area contributed by atoms with Crippen LogP contribution >= 0.6 is 0 Å². The van der Waals surface area contributed by atoms with Crippen molar-refractivity contribution in [3.05, 3.63) is 66.2 Å². The highest BCUT2D eigenvalue weighted by Crippen LogP contribution is 2.63. The lowest BCUT2D eigenvalue weighted by molar-refractivity contribution is -0.389. The van der Waals surface area contributed by atoms with Gasteiger partial charge in [-0.05, 0) is 108 Å². The number of morpholine rings is 1. The summed E-state index contributed by atoms with van der Waals surface area (Å²) in [7, 11) is -3.68. The maximum absolute atomic E-state index is 14.4. The summed E-state index contributed by atoms with van der Waals surface area (Å²) in [5.74, 6) is -1.56. The van der Waals surface area contributed by atoms with Crippen LogP contribution in [-0.4, -0.2) is 136 Å². The number of benzene rings is 2. The highest BCUT2D eigenvalue weighted by molar-refractivity contribution is 7.91. The van der Waals surface area contributed by atoms with Gasteiger partial charge in [-0.2, -0.15) is 9.78 Å². The molecule has 3 heterocycles. The van der Waals surface area contributed by atoms with E-state index in [1.165, 1.54) is 6.42 Å². The number of hydrogen-bond donors (Lipinski definition) is 3. The van der Waals surface area contributed by atoms with Gasteiger partial charge in [0.25, 0.3) is 0 Å². The third kappa shape index (κ3) is 13.8. The molecule has 0 radical (unpaired) electrons.